The molecule has 1 N–H and O–H groups in total. The zero-order valence-electron chi connectivity index (χ0n) is 23.3. The van der Waals surface area contributed by atoms with Crippen LogP contribution in [0, 0.1) is 0 Å². The Morgan fingerprint density at radius 1 is 0.571 bits per heavy atom. The van der Waals surface area contributed by atoms with Crippen molar-refractivity contribution in [3.8, 4) is 23.0 Å². The van der Waals surface area contributed by atoms with Crippen LogP contribution in [0.15, 0.2) is 97.1 Å². The van der Waals surface area contributed by atoms with E-state index in [0.717, 1.165) is 65.7 Å². The van der Waals surface area contributed by atoms with Crippen LogP contribution >= 0.6 is 0 Å². The summed E-state index contributed by atoms with van der Waals surface area (Å²) in [4.78, 5) is 0. The monoisotopic (exact) mass is 566 g/mol. The summed E-state index contributed by atoms with van der Waals surface area (Å²) in [6.45, 7) is 3.39. The molecular formula is C35H34O7. The van der Waals surface area contributed by atoms with Gasteiger partial charge in [0.2, 0.25) is 6.29 Å². The molecule has 0 spiro atoms. The molecule has 0 bridgehead atoms. The number of hydrogen-bond acceptors (Lipinski definition) is 7. The predicted octanol–water partition coefficient (Wildman–Crippen LogP) is 6.04. The lowest BCUT2D eigenvalue weighted by molar-refractivity contribution is -0.165. The minimum absolute atomic E-state index is 0.0454. The van der Waals surface area contributed by atoms with Crippen molar-refractivity contribution in [2.24, 2.45) is 0 Å². The molecule has 7 rings (SSSR count). The quantitative estimate of drug-likeness (QED) is 0.198. The van der Waals surface area contributed by atoms with Gasteiger partial charge in [0.1, 0.15) is 48.4 Å². The lowest BCUT2D eigenvalue weighted by atomic mass is 9.73. The molecule has 5 unspecified atom stereocenters. The fourth-order valence-electron chi connectivity index (χ4n) is 5.30. The normalized spacial score (nSPS) is 22.0. The van der Waals surface area contributed by atoms with E-state index in [1.165, 1.54) is 0 Å². The Kier molecular flexibility index (Phi) is 7.70. The van der Waals surface area contributed by atoms with Gasteiger partial charge in [-0.15, -0.1) is 0 Å². The van der Waals surface area contributed by atoms with Crippen molar-refractivity contribution >= 4 is 0 Å². The van der Waals surface area contributed by atoms with Crippen molar-refractivity contribution < 1.29 is 33.5 Å². The van der Waals surface area contributed by atoms with Crippen LogP contribution in [0.4, 0.5) is 0 Å². The number of benzene rings is 4. The second kappa shape index (κ2) is 12.1. The summed E-state index contributed by atoms with van der Waals surface area (Å²) < 4.78 is 33.9. The Morgan fingerprint density at radius 3 is 1.31 bits per heavy atom. The van der Waals surface area contributed by atoms with Gasteiger partial charge in [-0.1, -0.05) is 48.5 Å². The summed E-state index contributed by atoms with van der Waals surface area (Å²) in [6.07, 6.45) is 1.13. The van der Waals surface area contributed by atoms with Gasteiger partial charge < -0.3 is 33.5 Å². The second-order valence-electron chi connectivity index (χ2n) is 11.0. The highest BCUT2D eigenvalue weighted by Gasteiger charge is 2.30. The van der Waals surface area contributed by atoms with Gasteiger partial charge in [-0.05, 0) is 70.8 Å². The van der Waals surface area contributed by atoms with E-state index in [1.807, 2.05) is 48.5 Å². The van der Waals surface area contributed by atoms with Crippen LogP contribution in [-0.2, 0) is 14.2 Å². The minimum Gasteiger partial charge on any atom is -0.508 e. The second-order valence-corrected chi connectivity index (χ2v) is 11.0. The molecule has 4 aromatic carbocycles. The van der Waals surface area contributed by atoms with Gasteiger partial charge in [-0.25, -0.2) is 0 Å². The maximum absolute atomic E-state index is 10.1. The summed E-state index contributed by atoms with van der Waals surface area (Å²) in [5.74, 6) is 2.56. The van der Waals surface area contributed by atoms with E-state index in [0.29, 0.717) is 13.2 Å². The van der Waals surface area contributed by atoms with Crippen LogP contribution in [-0.4, -0.2) is 56.6 Å². The third-order valence-electron chi connectivity index (χ3n) is 7.90. The number of hydrogen-bond donors (Lipinski definition) is 1. The Bertz CT molecular complexity index is 1440. The summed E-state index contributed by atoms with van der Waals surface area (Å²) in [6, 6.07) is 32.4. The molecule has 7 nitrogen and oxygen atoms in total. The highest BCUT2D eigenvalue weighted by atomic mass is 16.7. The molecule has 3 saturated heterocycles. The molecule has 42 heavy (non-hydrogen) atoms. The van der Waals surface area contributed by atoms with Crippen molar-refractivity contribution in [2.75, 3.05) is 33.0 Å². The van der Waals surface area contributed by atoms with Crippen molar-refractivity contribution in [2.45, 2.75) is 36.8 Å². The molecule has 0 amide bonds. The van der Waals surface area contributed by atoms with Crippen LogP contribution < -0.4 is 14.2 Å². The molecule has 3 aliphatic rings. The molecular weight excluding hydrogens is 532 g/mol. The van der Waals surface area contributed by atoms with E-state index in [4.69, 9.17) is 28.4 Å². The maximum atomic E-state index is 10.1. The van der Waals surface area contributed by atoms with E-state index in [1.54, 1.807) is 12.1 Å². The first kappa shape index (κ1) is 26.8. The van der Waals surface area contributed by atoms with Crippen LogP contribution in [0.1, 0.15) is 40.5 Å². The van der Waals surface area contributed by atoms with Gasteiger partial charge >= 0.3 is 0 Å². The predicted molar refractivity (Wildman–Crippen MR) is 157 cm³/mol. The smallest absolute Gasteiger partial charge is 0.202 e. The van der Waals surface area contributed by atoms with E-state index in [2.05, 4.69) is 36.4 Å². The zero-order valence-corrected chi connectivity index (χ0v) is 23.3. The number of phenols is 1. The number of ether oxygens (including phenoxy) is 6. The summed E-state index contributed by atoms with van der Waals surface area (Å²) >= 11 is 0. The van der Waals surface area contributed by atoms with Gasteiger partial charge in [0.15, 0.2) is 0 Å². The highest BCUT2D eigenvalue weighted by Crippen LogP contribution is 2.44. The van der Waals surface area contributed by atoms with Crippen molar-refractivity contribution in [3.05, 3.63) is 119 Å². The van der Waals surface area contributed by atoms with Gasteiger partial charge in [0, 0.05) is 18.3 Å². The zero-order chi connectivity index (χ0) is 28.3. The van der Waals surface area contributed by atoms with E-state index in [9.17, 15) is 5.11 Å². The van der Waals surface area contributed by atoms with Crippen LogP contribution in [0.25, 0.3) is 0 Å². The fraction of sp³-hybridized carbons (Fsp3) is 0.314. The lowest BCUT2D eigenvalue weighted by Crippen LogP contribution is -2.32. The number of aromatic hydroxyl groups is 1. The Hall–Kier alpha value is -4.04. The number of rotatable bonds is 13. The molecule has 0 aromatic heterocycles. The minimum atomic E-state index is -0.169. The topological polar surface area (TPSA) is 82.2 Å². The first-order valence-electron chi connectivity index (χ1n) is 14.5. The molecule has 3 fully saturated rings. The highest BCUT2D eigenvalue weighted by molar-refractivity contribution is 5.48. The molecule has 7 heteroatoms. The SMILES string of the molecule is Oc1ccc(C(c2ccc(OCC3CO3)cc2)C(c2ccc(OCC3CO3)cc2)c2ccc(OC3CCO3)cc2)cc1. The van der Waals surface area contributed by atoms with Crippen LogP contribution in [0.5, 0.6) is 23.0 Å². The van der Waals surface area contributed by atoms with Crippen molar-refractivity contribution in [1.29, 1.82) is 0 Å². The fourth-order valence-corrected chi connectivity index (χ4v) is 5.30. The molecule has 216 valence electrons. The molecule has 0 radical (unpaired) electrons. The van der Waals surface area contributed by atoms with Crippen molar-refractivity contribution in [3.63, 3.8) is 0 Å². The van der Waals surface area contributed by atoms with Crippen LogP contribution in [0.2, 0.25) is 0 Å². The Labute approximate surface area is 245 Å². The molecule has 5 atom stereocenters. The molecule has 3 heterocycles. The van der Waals surface area contributed by atoms with Gasteiger partial charge in [0.05, 0.1) is 19.8 Å². The van der Waals surface area contributed by atoms with E-state index in [-0.39, 0.29) is 36.1 Å². The molecule has 0 saturated carbocycles. The Morgan fingerprint density at radius 2 is 0.952 bits per heavy atom. The van der Waals surface area contributed by atoms with Gasteiger partial charge in [-0.2, -0.15) is 0 Å². The third kappa shape index (κ3) is 6.54. The molecule has 0 aliphatic carbocycles. The maximum Gasteiger partial charge on any atom is 0.202 e. The van der Waals surface area contributed by atoms with Crippen LogP contribution in [0.3, 0.4) is 0 Å². The number of epoxide rings is 2. The standard InChI is InChI=1S/C35H34O7/c36-27-9-1-23(2-10-27)34(24-3-11-28(12-4-24)38-19-31-21-40-31)35(25-5-13-29(14-6-25)39-20-32-22-41-32)26-7-15-30(16-8-26)42-33-17-18-37-33/h1-16,31-36H,17-22H2. The first-order valence-corrected chi connectivity index (χ1v) is 14.5. The van der Waals surface area contributed by atoms with Gasteiger partial charge in [-0.3, -0.25) is 0 Å². The largest absolute Gasteiger partial charge is 0.508 e. The summed E-state index contributed by atoms with van der Waals surface area (Å²) in [5.41, 5.74) is 4.51. The average molecular weight is 567 g/mol. The molecule has 3 aliphatic heterocycles. The lowest BCUT2D eigenvalue weighted by Gasteiger charge is -2.30. The van der Waals surface area contributed by atoms with Crippen molar-refractivity contribution in [1.82, 2.24) is 0 Å². The Balaban J connectivity index is 1.24. The summed E-state index contributed by atoms with van der Waals surface area (Å²) in [7, 11) is 0. The molecule has 4 aromatic rings. The van der Waals surface area contributed by atoms with Gasteiger partial charge in [0.25, 0.3) is 0 Å². The summed E-state index contributed by atoms with van der Waals surface area (Å²) in [5, 5.41) is 10.1. The number of phenolic OH excluding ortho intramolecular Hbond substituents is 1. The average Bonchev–Trinajstić information content (AvgIpc) is 3.94. The first-order chi connectivity index (χ1) is 20.7. The van der Waals surface area contributed by atoms with E-state index >= 15 is 0 Å². The van der Waals surface area contributed by atoms with E-state index < -0.39 is 0 Å². The third-order valence-corrected chi connectivity index (χ3v) is 7.90.